The third kappa shape index (κ3) is 5.07. The molecule has 1 amide bonds. The summed E-state index contributed by atoms with van der Waals surface area (Å²) in [7, 11) is 0. The normalized spacial score (nSPS) is 10.8. The van der Waals surface area contributed by atoms with Crippen LogP contribution in [0.1, 0.15) is 27.4 Å². The van der Waals surface area contributed by atoms with E-state index in [4.69, 9.17) is 20.9 Å². The zero-order chi connectivity index (χ0) is 21.8. The molecule has 0 spiro atoms. The predicted molar refractivity (Wildman–Crippen MR) is 111 cm³/mol. The topological polar surface area (TPSA) is 95.1 Å². The Kier molecular flexibility index (Phi) is 5.94. The summed E-state index contributed by atoms with van der Waals surface area (Å²) in [5, 5.41) is 11.2. The number of hydrogen-bond donors (Lipinski definition) is 1. The third-order valence-electron chi connectivity index (χ3n) is 4.40. The minimum atomic E-state index is -0.527. The van der Waals surface area contributed by atoms with E-state index in [0.29, 0.717) is 28.6 Å². The molecule has 2 aromatic heterocycles. The Morgan fingerprint density at radius 3 is 2.84 bits per heavy atom. The molecule has 0 aliphatic rings. The monoisotopic (exact) mass is 441 g/mol. The summed E-state index contributed by atoms with van der Waals surface area (Å²) in [5.41, 5.74) is 1.43. The highest BCUT2D eigenvalue weighted by molar-refractivity contribution is 6.30. The fraction of sp³-hybridized carbons (Fsp3) is 0.143. The van der Waals surface area contributed by atoms with Gasteiger partial charge in [0.2, 0.25) is 5.95 Å². The predicted octanol–water partition coefficient (Wildman–Crippen LogP) is 4.25. The van der Waals surface area contributed by atoms with Crippen LogP contribution in [0.15, 0.2) is 59.4 Å². The van der Waals surface area contributed by atoms with Gasteiger partial charge in [-0.05, 0) is 42.8 Å². The Morgan fingerprint density at radius 2 is 2.06 bits per heavy atom. The Hall–Kier alpha value is -3.72. The number of aromatic nitrogens is 4. The molecule has 0 radical (unpaired) electrons. The molecule has 31 heavy (non-hydrogen) atoms. The highest BCUT2D eigenvalue weighted by Gasteiger charge is 2.21. The average molecular weight is 442 g/mol. The van der Waals surface area contributed by atoms with Crippen LogP contribution in [0.3, 0.4) is 0 Å². The summed E-state index contributed by atoms with van der Waals surface area (Å²) in [4.78, 5) is 16.8. The first-order valence-electron chi connectivity index (χ1n) is 9.26. The number of carbonyl (C=O) groups is 1. The van der Waals surface area contributed by atoms with Gasteiger partial charge in [-0.15, -0.1) is 5.10 Å². The highest BCUT2D eigenvalue weighted by Crippen LogP contribution is 2.21. The SMILES string of the molecule is Cc1onc(C(=O)Nc2ncn(Cc3ccc(F)cc3)n2)c1COc1cccc(Cl)c1. The van der Waals surface area contributed by atoms with Gasteiger partial charge >= 0.3 is 0 Å². The van der Waals surface area contributed by atoms with Crippen LogP contribution in [0, 0.1) is 12.7 Å². The average Bonchev–Trinajstić information content (AvgIpc) is 3.34. The Morgan fingerprint density at radius 1 is 1.26 bits per heavy atom. The number of carbonyl (C=O) groups excluding carboxylic acids is 1. The molecule has 0 bridgehead atoms. The fourth-order valence-corrected chi connectivity index (χ4v) is 3.00. The molecule has 0 aliphatic heterocycles. The number of nitrogens with zero attached hydrogens (tertiary/aromatic N) is 4. The summed E-state index contributed by atoms with van der Waals surface area (Å²) in [5.74, 6) is 0.284. The van der Waals surface area contributed by atoms with Crippen molar-refractivity contribution in [2.75, 3.05) is 5.32 Å². The van der Waals surface area contributed by atoms with Crippen molar-refractivity contribution in [2.24, 2.45) is 0 Å². The number of benzene rings is 2. The molecule has 1 N–H and O–H groups in total. The molecule has 2 heterocycles. The van der Waals surface area contributed by atoms with Crippen molar-refractivity contribution in [3.63, 3.8) is 0 Å². The van der Waals surface area contributed by atoms with Crippen LogP contribution in [0.2, 0.25) is 5.02 Å². The van der Waals surface area contributed by atoms with E-state index < -0.39 is 5.91 Å². The molecule has 0 fully saturated rings. The second-order valence-electron chi connectivity index (χ2n) is 6.66. The van der Waals surface area contributed by atoms with Crippen molar-refractivity contribution in [1.82, 2.24) is 19.9 Å². The summed E-state index contributed by atoms with van der Waals surface area (Å²) in [6, 6.07) is 13.0. The number of amides is 1. The molecule has 4 rings (SSSR count). The molecular weight excluding hydrogens is 425 g/mol. The number of hydrogen-bond acceptors (Lipinski definition) is 6. The molecule has 0 atom stereocenters. The van der Waals surface area contributed by atoms with Crippen molar-refractivity contribution in [3.05, 3.63) is 88.3 Å². The van der Waals surface area contributed by atoms with Crippen molar-refractivity contribution in [2.45, 2.75) is 20.1 Å². The molecule has 2 aromatic carbocycles. The van der Waals surface area contributed by atoms with E-state index in [1.54, 1.807) is 43.3 Å². The van der Waals surface area contributed by atoms with Crippen molar-refractivity contribution in [3.8, 4) is 5.75 Å². The first kappa shape index (κ1) is 20.5. The van der Waals surface area contributed by atoms with E-state index in [1.165, 1.54) is 23.1 Å². The van der Waals surface area contributed by atoms with Gasteiger partial charge in [0.1, 0.15) is 30.3 Å². The van der Waals surface area contributed by atoms with Crippen LogP contribution in [0.5, 0.6) is 5.75 Å². The lowest BCUT2D eigenvalue weighted by molar-refractivity contribution is 0.101. The Labute approximate surface area is 181 Å². The quantitative estimate of drug-likeness (QED) is 0.460. The first-order chi connectivity index (χ1) is 15.0. The van der Waals surface area contributed by atoms with Gasteiger partial charge < -0.3 is 9.26 Å². The molecule has 158 valence electrons. The van der Waals surface area contributed by atoms with Gasteiger partial charge in [-0.3, -0.25) is 10.1 Å². The maximum atomic E-state index is 13.0. The number of nitrogens with one attached hydrogen (secondary N) is 1. The highest BCUT2D eigenvalue weighted by atomic mass is 35.5. The second-order valence-corrected chi connectivity index (χ2v) is 7.09. The molecule has 8 nitrogen and oxygen atoms in total. The molecule has 0 saturated carbocycles. The van der Waals surface area contributed by atoms with E-state index in [-0.39, 0.29) is 24.1 Å². The van der Waals surface area contributed by atoms with Gasteiger partial charge in [-0.25, -0.2) is 14.1 Å². The first-order valence-corrected chi connectivity index (χ1v) is 9.64. The standard InChI is InChI=1S/C21H17ClFN5O3/c1-13-18(11-30-17-4-2-3-15(22)9-17)19(27-31-13)20(29)25-21-24-12-28(26-21)10-14-5-7-16(23)8-6-14/h2-9,12H,10-11H2,1H3,(H,25,26,29). The van der Waals surface area contributed by atoms with Gasteiger partial charge in [0, 0.05) is 5.02 Å². The number of rotatable bonds is 7. The van der Waals surface area contributed by atoms with Gasteiger partial charge in [0.15, 0.2) is 5.69 Å². The Balaban J connectivity index is 1.42. The number of ether oxygens (including phenoxy) is 1. The number of anilines is 1. The van der Waals surface area contributed by atoms with E-state index >= 15 is 0 Å². The number of halogens is 2. The molecule has 4 aromatic rings. The minimum Gasteiger partial charge on any atom is -0.489 e. The lowest BCUT2D eigenvalue weighted by atomic mass is 10.2. The van der Waals surface area contributed by atoms with Crippen LogP contribution in [0.25, 0.3) is 0 Å². The smallest absolute Gasteiger partial charge is 0.280 e. The number of aryl methyl sites for hydroxylation is 1. The van der Waals surface area contributed by atoms with E-state index in [9.17, 15) is 9.18 Å². The minimum absolute atomic E-state index is 0.0743. The maximum absolute atomic E-state index is 13.0. The van der Waals surface area contributed by atoms with Crippen LogP contribution in [-0.2, 0) is 13.2 Å². The van der Waals surface area contributed by atoms with Gasteiger partial charge in [0.05, 0.1) is 12.1 Å². The summed E-state index contributed by atoms with van der Waals surface area (Å²) >= 11 is 5.96. The largest absolute Gasteiger partial charge is 0.489 e. The Bertz CT molecular complexity index is 1210. The van der Waals surface area contributed by atoms with Gasteiger partial charge in [-0.2, -0.15) is 0 Å². The van der Waals surface area contributed by atoms with Gasteiger partial charge in [0.25, 0.3) is 5.91 Å². The van der Waals surface area contributed by atoms with Crippen LogP contribution >= 0.6 is 11.6 Å². The van der Waals surface area contributed by atoms with E-state index in [1.807, 2.05) is 0 Å². The van der Waals surface area contributed by atoms with Crippen LogP contribution < -0.4 is 10.1 Å². The van der Waals surface area contributed by atoms with Crippen molar-refractivity contribution >= 4 is 23.5 Å². The van der Waals surface area contributed by atoms with Crippen LogP contribution in [-0.4, -0.2) is 25.8 Å². The van der Waals surface area contributed by atoms with Crippen molar-refractivity contribution < 1.29 is 18.4 Å². The molecule has 10 heteroatoms. The molecule has 0 unspecified atom stereocenters. The lowest BCUT2D eigenvalue weighted by Crippen LogP contribution is -2.16. The van der Waals surface area contributed by atoms with Crippen LogP contribution in [0.4, 0.5) is 10.3 Å². The molecule has 0 saturated heterocycles. The van der Waals surface area contributed by atoms with E-state index in [2.05, 4.69) is 20.6 Å². The van der Waals surface area contributed by atoms with Crippen molar-refractivity contribution in [1.29, 1.82) is 0 Å². The summed E-state index contributed by atoms with van der Waals surface area (Å²) in [6.45, 7) is 2.14. The summed E-state index contributed by atoms with van der Waals surface area (Å²) < 4.78 is 25.4. The van der Waals surface area contributed by atoms with Gasteiger partial charge in [-0.1, -0.05) is 35.0 Å². The zero-order valence-electron chi connectivity index (χ0n) is 16.4. The molecule has 0 aliphatic carbocycles. The maximum Gasteiger partial charge on any atom is 0.280 e. The second kappa shape index (κ2) is 8.97. The fourth-order valence-electron chi connectivity index (χ4n) is 2.82. The third-order valence-corrected chi connectivity index (χ3v) is 4.63. The lowest BCUT2D eigenvalue weighted by Gasteiger charge is -2.06. The molecular formula is C21H17ClFN5O3. The van der Waals surface area contributed by atoms with E-state index in [0.717, 1.165) is 5.56 Å². The zero-order valence-corrected chi connectivity index (χ0v) is 17.1. The summed E-state index contributed by atoms with van der Waals surface area (Å²) in [6.07, 6.45) is 1.47.